The molecule has 0 spiro atoms. The van der Waals surface area contributed by atoms with Gasteiger partial charge < -0.3 is 10.2 Å². The van der Waals surface area contributed by atoms with Gasteiger partial charge in [-0.1, -0.05) is 6.07 Å². The van der Waals surface area contributed by atoms with Gasteiger partial charge in [0.25, 0.3) is 10.1 Å². The van der Waals surface area contributed by atoms with Gasteiger partial charge in [-0.15, -0.1) is 0 Å². The fraction of sp³-hybridized carbons (Fsp3) is 0. The van der Waals surface area contributed by atoms with Crippen LogP contribution in [0.4, 0.5) is 0 Å². The summed E-state index contributed by atoms with van der Waals surface area (Å²) >= 11 is 0. The van der Waals surface area contributed by atoms with Crippen molar-refractivity contribution in [2.45, 2.75) is 4.90 Å². The van der Waals surface area contributed by atoms with Gasteiger partial charge in [0.15, 0.2) is 0 Å². The summed E-state index contributed by atoms with van der Waals surface area (Å²) in [6.45, 7) is 0. The van der Waals surface area contributed by atoms with Crippen molar-refractivity contribution in [3.8, 4) is 0 Å². The fourth-order valence-electron chi connectivity index (χ4n) is 1.14. The standard InChI is InChI=1S/C8H6O7S.K.H/c9-7(10)4-2-1-3-5(16(13,14)15)6(4)8(11)12;;/h1-3H,(H,9,10)(H,11,12)(H,13,14,15);;. The number of benzene rings is 1. The van der Waals surface area contributed by atoms with Crippen LogP contribution in [0.15, 0.2) is 23.1 Å². The minimum atomic E-state index is -4.78. The summed E-state index contributed by atoms with van der Waals surface area (Å²) in [6, 6.07) is 2.77. The summed E-state index contributed by atoms with van der Waals surface area (Å²) < 4.78 is 30.4. The molecule has 0 aliphatic heterocycles. The van der Waals surface area contributed by atoms with Crippen LogP contribution in [0.1, 0.15) is 20.7 Å². The van der Waals surface area contributed by atoms with Crippen molar-refractivity contribution in [2.75, 3.05) is 0 Å². The second-order valence-electron chi connectivity index (χ2n) is 2.76. The van der Waals surface area contributed by atoms with Crippen molar-refractivity contribution < 1.29 is 32.8 Å². The third-order valence-corrected chi connectivity index (χ3v) is 2.64. The first-order valence-corrected chi connectivity index (χ1v) is 5.26. The number of hydrogen-bond donors (Lipinski definition) is 3. The molecule has 17 heavy (non-hydrogen) atoms. The van der Waals surface area contributed by atoms with Crippen LogP contribution < -0.4 is 0 Å². The third-order valence-electron chi connectivity index (χ3n) is 1.75. The van der Waals surface area contributed by atoms with Crippen molar-refractivity contribution in [3.63, 3.8) is 0 Å². The monoisotopic (exact) mass is 286 g/mol. The Hall–Kier alpha value is -0.294. The van der Waals surface area contributed by atoms with Crippen molar-refractivity contribution in [2.24, 2.45) is 0 Å². The Morgan fingerprint density at radius 1 is 1.06 bits per heavy atom. The van der Waals surface area contributed by atoms with E-state index in [-0.39, 0.29) is 51.4 Å². The molecule has 0 aliphatic rings. The molecule has 7 nitrogen and oxygen atoms in total. The van der Waals surface area contributed by atoms with Gasteiger partial charge in [-0.2, -0.15) is 8.42 Å². The zero-order valence-electron chi connectivity index (χ0n) is 7.61. The third kappa shape index (κ3) is 3.84. The SMILES string of the molecule is O=C(O)c1cccc(S(=O)(=O)O)c1C(=O)O.[KH]. The molecule has 88 valence electrons. The average molecular weight is 286 g/mol. The number of carbonyl (C=O) groups is 2. The Kier molecular flexibility index (Phi) is 5.94. The summed E-state index contributed by atoms with van der Waals surface area (Å²) in [5.74, 6) is -3.34. The maximum atomic E-state index is 10.8. The van der Waals surface area contributed by atoms with Crippen molar-refractivity contribution >= 4 is 73.4 Å². The van der Waals surface area contributed by atoms with E-state index in [4.69, 9.17) is 14.8 Å². The van der Waals surface area contributed by atoms with Crippen LogP contribution in [0.2, 0.25) is 0 Å². The molecule has 1 rings (SSSR count). The molecule has 0 amide bonds. The molecule has 0 atom stereocenters. The van der Waals surface area contributed by atoms with Gasteiger partial charge >= 0.3 is 63.3 Å². The van der Waals surface area contributed by atoms with Crippen LogP contribution in [-0.2, 0) is 10.1 Å². The summed E-state index contributed by atoms with van der Waals surface area (Å²) in [6.07, 6.45) is 0. The number of carboxylic acids is 2. The molecular formula is C8H7KO7S. The molecule has 0 aliphatic carbocycles. The van der Waals surface area contributed by atoms with Crippen LogP contribution in [0.3, 0.4) is 0 Å². The van der Waals surface area contributed by atoms with Crippen molar-refractivity contribution in [1.29, 1.82) is 0 Å². The fourth-order valence-corrected chi connectivity index (χ4v) is 1.85. The molecule has 0 heterocycles. The molecule has 0 unspecified atom stereocenters. The van der Waals surface area contributed by atoms with Crippen molar-refractivity contribution in [3.05, 3.63) is 29.3 Å². The molecule has 9 heteroatoms. The van der Waals surface area contributed by atoms with E-state index in [0.29, 0.717) is 0 Å². The second-order valence-corrected chi connectivity index (χ2v) is 4.15. The first-order valence-electron chi connectivity index (χ1n) is 3.82. The van der Waals surface area contributed by atoms with E-state index in [1.807, 2.05) is 0 Å². The quantitative estimate of drug-likeness (QED) is 0.513. The van der Waals surface area contributed by atoms with Crippen LogP contribution in [-0.4, -0.2) is 86.5 Å². The normalized spacial score (nSPS) is 10.4. The van der Waals surface area contributed by atoms with Gasteiger partial charge in [0.05, 0.1) is 11.1 Å². The summed E-state index contributed by atoms with van der Waals surface area (Å²) in [5.41, 5.74) is -1.67. The topological polar surface area (TPSA) is 129 Å². The first kappa shape index (κ1) is 16.7. The van der Waals surface area contributed by atoms with Crippen molar-refractivity contribution in [1.82, 2.24) is 0 Å². The van der Waals surface area contributed by atoms with E-state index in [1.165, 1.54) is 0 Å². The zero-order chi connectivity index (χ0) is 12.5. The molecule has 0 aromatic heterocycles. The van der Waals surface area contributed by atoms with Gasteiger partial charge in [0.2, 0.25) is 0 Å². The Bertz CT molecular complexity index is 563. The summed E-state index contributed by atoms with van der Waals surface area (Å²) in [7, 11) is -4.78. The Morgan fingerprint density at radius 2 is 1.59 bits per heavy atom. The molecule has 0 fully saturated rings. The van der Waals surface area contributed by atoms with E-state index in [9.17, 15) is 18.0 Å². The van der Waals surface area contributed by atoms with Crippen LogP contribution in [0, 0.1) is 0 Å². The van der Waals surface area contributed by atoms with E-state index in [1.54, 1.807) is 0 Å². The Balaban J connectivity index is 0.00000256. The Labute approximate surface area is 139 Å². The van der Waals surface area contributed by atoms with Crippen LogP contribution in [0.25, 0.3) is 0 Å². The zero-order valence-corrected chi connectivity index (χ0v) is 8.43. The predicted molar refractivity (Wildman–Crippen MR) is 57.3 cm³/mol. The van der Waals surface area contributed by atoms with Crippen LogP contribution in [0.5, 0.6) is 0 Å². The van der Waals surface area contributed by atoms with Gasteiger partial charge in [0, 0.05) is 0 Å². The van der Waals surface area contributed by atoms with E-state index in [2.05, 4.69) is 0 Å². The summed E-state index contributed by atoms with van der Waals surface area (Å²) in [5, 5.41) is 17.4. The maximum absolute atomic E-state index is 10.8. The number of rotatable bonds is 3. The van der Waals surface area contributed by atoms with Gasteiger partial charge in [-0.25, -0.2) is 9.59 Å². The minimum absolute atomic E-state index is 0. The van der Waals surface area contributed by atoms with E-state index >= 15 is 0 Å². The van der Waals surface area contributed by atoms with Gasteiger partial charge in [-0.05, 0) is 12.1 Å². The number of hydrogen-bond acceptors (Lipinski definition) is 4. The number of aromatic carboxylic acids is 2. The van der Waals surface area contributed by atoms with E-state index in [0.717, 1.165) is 18.2 Å². The molecule has 0 radical (unpaired) electrons. The van der Waals surface area contributed by atoms with E-state index < -0.39 is 38.1 Å². The van der Waals surface area contributed by atoms with Crippen LogP contribution >= 0.6 is 0 Å². The molecule has 0 bridgehead atoms. The average Bonchev–Trinajstić information content (AvgIpc) is 2.14. The second kappa shape index (κ2) is 6.04. The molecule has 1 aromatic carbocycles. The Morgan fingerprint density at radius 3 is 1.94 bits per heavy atom. The first-order chi connectivity index (χ1) is 7.25. The molecule has 0 saturated heterocycles. The molecule has 0 saturated carbocycles. The van der Waals surface area contributed by atoms with Gasteiger partial charge in [0.1, 0.15) is 4.90 Å². The molecular weight excluding hydrogens is 279 g/mol. The molecule has 1 aromatic rings. The molecule has 3 N–H and O–H groups in total. The summed E-state index contributed by atoms with van der Waals surface area (Å²) in [4.78, 5) is 20.5. The van der Waals surface area contributed by atoms with Gasteiger partial charge in [-0.3, -0.25) is 4.55 Å². The predicted octanol–water partition coefficient (Wildman–Crippen LogP) is -0.319. The number of carboxylic acid groups (broad SMARTS) is 2.